The van der Waals surface area contributed by atoms with Crippen LogP contribution in [0, 0.1) is 6.92 Å². The number of ether oxygens (including phenoxy) is 1. The fraction of sp³-hybridized carbons (Fsp3) is 0.538. The molecule has 0 spiro atoms. The highest BCUT2D eigenvalue weighted by Crippen LogP contribution is 2.32. The van der Waals surface area contributed by atoms with E-state index in [2.05, 4.69) is 23.0 Å². The van der Waals surface area contributed by atoms with Crippen molar-refractivity contribution >= 4 is 26.0 Å². The van der Waals surface area contributed by atoms with Crippen molar-refractivity contribution in [3.05, 3.63) is 22.2 Å². The Balaban J connectivity index is 2.41. The van der Waals surface area contributed by atoms with Gasteiger partial charge in [-0.1, -0.05) is 15.9 Å². The lowest BCUT2D eigenvalue weighted by Gasteiger charge is -2.29. The second kappa shape index (κ2) is 6.01. The van der Waals surface area contributed by atoms with Gasteiger partial charge in [-0.3, -0.25) is 0 Å². The number of sulfonamides is 1. The molecule has 0 saturated carbocycles. The van der Waals surface area contributed by atoms with E-state index in [1.165, 1.54) is 12.0 Å². The fourth-order valence-electron chi connectivity index (χ4n) is 2.25. The molecule has 7 heteroatoms. The van der Waals surface area contributed by atoms with Gasteiger partial charge < -0.3 is 9.64 Å². The van der Waals surface area contributed by atoms with E-state index < -0.39 is 10.0 Å². The maximum atomic E-state index is 12.8. The summed E-state index contributed by atoms with van der Waals surface area (Å²) in [5.41, 5.74) is 0.948. The highest BCUT2D eigenvalue weighted by atomic mass is 79.9. The minimum Gasteiger partial charge on any atom is -0.495 e. The summed E-state index contributed by atoms with van der Waals surface area (Å²) in [6, 6.07) is 3.38. The highest BCUT2D eigenvalue weighted by molar-refractivity contribution is 9.10. The van der Waals surface area contributed by atoms with Crippen molar-refractivity contribution in [2.45, 2.75) is 11.8 Å². The number of halogens is 1. The number of likely N-dealkylation sites (N-methyl/N-ethyl adjacent to an activating group) is 1. The van der Waals surface area contributed by atoms with E-state index in [9.17, 15) is 8.42 Å². The van der Waals surface area contributed by atoms with Crippen LogP contribution in [-0.4, -0.2) is 53.1 Å². The van der Waals surface area contributed by atoms with Crippen molar-refractivity contribution in [2.75, 3.05) is 40.3 Å². The maximum Gasteiger partial charge on any atom is 0.247 e. The zero-order valence-electron chi connectivity index (χ0n) is 11.9. The van der Waals surface area contributed by atoms with Crippen LogP contribution in [0.1, 0.15) is 5.56 Å². The summed E-state index contributed by atoms with van der Waals surface area (Å²) >= 11 is 3.39. The van der Waals surface area contributed by atoms with Gasteiger partial charge in [0, 0.05) is 4.47 Å². The molecule has 0 unspecified atom stereocenters. The SMILES string of the molecule is COc1cc(C)c(Br)cc1S(=O)(=O)N1CC[NH+](C)CC1. The lowest BCUT2D eigenvalue weighted by molar-refractivity contribution is -0.883. The Morgan fingerprint density at radius 2 is 1.90 bits per heavy atom. The molecule has 1 aliphatic rings. The summed E-state index contributed by atoms with van der Waals surface area (Å²) in [6.45, 7) is 4.65. The summed E-state index contributed by atoms with van der Waals surface area (Å²) in [7, 11) is 0.0698. The molecule has 1 saturated heterocycles. The third-order valence-electron chi connectivity index (χ3n) is 3.64. The summed E-state index contributed by atoms with van der Waals surface area (Å²) in [5.74, 6) is 0.400. The molecule has 20 heavy (non-hydrogen) atoms. The molecule has 5 nitrogen and oxygen atoms in total. The van der Waals surface area contributed by atoms with Crippen molar-refractivity contribution in [2.24, 2.45) is 0 Å². The van der Waals surface area contributed by atoms with Crippen LogP contribution < -0.4 is 9.64 Å². The Kier molecular flexibility index (Phi) is 4.73. The molecule has 2 rings (SSSR count). The van der Waals surface area contributed by atoms with Gasteiger partial charge in [0.1, 0.15) is 10.6 Å². The molecule has 1 aromatic carbocycles. The molecule has 1 aromatic rings. The molecule has 1 aliphatic heterocycles. The number of benzene rings is 1. The second-order valence-corrected chi connectivity index (χ2v) is 7.87. The first kappa shape index (κ1) is 15.8. The number of methoxy groups -OCH3 is 1. The van der Waals surface area contributed by atoms with Crippen molar-refractivity contribution in [3.8, 4) is 5.75 Å². The largest absolute Gasteiger partial charge is 0.495 e. The van der Waals surface area contributed by atoms with Crippen LogP contribution in [-0.2, 0) is 10.0 Å². The number of quaternary nitrogens is 1. The second-order valence-electron chi connectivity index (χ2n) is 5.11. The van der Waals surface area contributed by atoms with Gasteiger partial charge in [-0.25, -0.2) is 8.42 Å². The van der Waals surface area contributed by atoms with Gasteiger partial charge in [-0.2, -0.15) is 4.31 Å². The minimum atomic E-state index is -3.50. The summed E-state index contributed by atoms with van der Waals surface area (Å²) in [4.78, 5) is 1.59. The van der Waals surface area contributed by atoms with E-state index in [-0.39, 0.29) is 4.90 Å². The van der Waals surface area contributed by atoms with Crippen molar-refractivity contribution in [3.63, 3.8) is 0 Å². The van der Waals surface area contributed by atoms with Crippen LogP contribution in [0.2, 0.25) is 0 Å². The first-order valence-corrected chi connectivity index (χ1v) is 8.75. The fourth-order valence-corrected chi connectivity index (χ4v) is 4.34. The first-order chi connectivity index (χ1) is 9.36. The van der Waals surface area contributed by atoms with Crippen molar-refractivity contribution < 1.29 is 18.1 Å². The maximum absolute atomic E-state index is 12.8. The molecular weight excluding hydrogens is 344 g/mol. The van der Waals surface area contributed by atoms with E-state index in [0.29, 0.717) is 18.8 Å². The summed E-state index contributed by atoms with van der Waals surface area (Å²) in [5, 5.41) is 0. The Morgan fingerprint density at radius 3 is 2.45 bits per heavy atom. The summed E-state index contributed by atoms with van der Waals surface area (Å²) < 4.78 is 33.1. The lowest BCUT2D eigenvalue weighted by Crippen LogP contribution is -3.12. The van der Waals surface area contributed by atoms with E-state index in [0.717, 1.165) is 23.1 Å². The molecule has 1 heterocycles. The van der Waals surface area contributed by atoms with Gasteiger partial charge in [-0.15, -0.1) is 0 Å². The highest BCUT2D eigenvalue weighted by Gasteiger charge is 2.31. The van der Waals surface area contributed by atoms with Gasteiger partial charge in [0.05, 0.1) is 40.3 Å². The molecule has 0 radical (unpaired) electrons. The lowest BCUT2D eigenvalue weighted by atomic mass is 10.2. The topological polar surface area (TPSA) is 51.1 Å². The van der Waals surface area contributed by atoms with E-state index in [1.807, 2.05) is 6.92 Å². The van der Waals surface area contributed by atoms with Gasteiger partial charge in [0.2, 0.25) is 10.0 Å². The number of hydrogen-bond acceptors (Lipinski definition) is 3. The Bertz CT molecular complexity index is 596. The van der Waals surface area contributed by atoms with E-state index in [1.54, 1.807) is 16.4 Å². The molecule has 0 aliphatic carbocycles. The van der Waals surface area contributed by atoms with Crippen molar-refractivity contribution in [1.82, 2.24) is 4.31 Å². The summed E-state index contributed by atoms with van der Waals surface area (Å²) in [6.07, 6.45) is 0. The van der Waals surface area contributed by atoms with Gasteiger partial charge in [0.25, 0.3) is 0 Å². The van der Waals surface area contributed by atoms with Crippen LogP contribution in [0.4, 0.5) is 0 Å². The van der Waals surface area contributed by atoms with E-state index in [4.69, 9.17) is 4.74 Å². The standard InChI is InChI=1S/C13H19BrN2O3S/c1-10-8-12(19-3)13(9-11(10)14)20(17,18)16-6-4-15(2)5-7-16/h8-9H,4-7H2,1-3H3/p+1. The van der Waals surface area contributed by atoms with Crippen LogP contribution in [0.15, 0.2) is 21.5 Å². The average Bonchev–Trinajstić information content (AvgIpc) is 2.41. The molecule has 112 valence electrons. The molecule has 0 bridgehead atoms. The number of hydrogen-bond donors (Lipinski definition) is 1. The van der Waals surface area contributed by atoms with E-state index >= 15 is 0 Å². The van der Waals surface area contributed by atoms with Crippen LogP contribution in [0.5, 0.6) is 5.75 Å². The third kappa shape index (κ3) is 3.00. The molecule has 1 N–H and O–H groups in total. The number of piperazine rings is 1. The zero-order valence-corrected chi connectivity index (χ0v) is 14.3. The number of rotatable bonds is 3. The first-order valence-electron chi connectivity index (χ1n) is 6.52. The van der Waals surface area contributed by atoms with Crippen LogP contribution >= 0.6 is 15.9 Å². The number of aryl methyl sites for hydroxylation is 1. The molecule has 0 atom stereocenters. The zero-order chi connectivity index (χ0) is 14.9. The average molecular weight is 364 g/mol. The quantitative estimate of drug-likeness (QED) is 0.839. The van der Waals surface area contributed by atoms with Gasteiger partial charge in [0.15, 0.2) is 0 Å². The number of nitrogens with one attached hydrogen (secondary N) is 1. The normalized spacial score (nSPS) is 18.2. The Morgan fingerprint density at radius 1 is 1.30 bits per heavy atom. The van der Waals surface area contributed by atoms with Gasteiger partial charge in [-0.05, 0) is 24.6 Å². The van der Waals surface area contributed by atoms with Crippen LogP contribution in [0.3, 0.4) is 0 Å². The monoisotopic (exact) mass is 363 g/mol. The smallest absolute Gasteiger partial charge is 0.247 e. The minimum absolute atomic E-state index is 0.233. The number of nitrogens with zero attached hydrogens (tertiary/aromatic N) is 1. The molecular formula is C13H20BrN2O3S+. The molecule has 1 fully saturated rings. The third-order valence-corrected chi connectivity index (χ3v) is 6.41. The van der Waals surface area contributed by atoms with Crippen LogP contribution in [0.25, 0.3) is 0 Å². The predicted octanol–water partition coefficient (Wildman–Crippen LogP) is 0.285. The predicted molar refractivity (Wildman–Crippen MR) is 80.8 cm³/mol. The molecule has 0 amide bonds. The Hall–Kier alpha value is -0.630. The van der Waals surface area contributed by atoms with Crippen molar-refractivity contribution in [1.29, 1.82) is 0 Å². The molecule has 0 aromatic heterocycles. The van der Waals surface area contributed by atoms with Gasteiger partial charge >= 0.3 is 0 Å². The Labute approximate surface area is 128 Å².